The molecule has 4 aromatic rings. The van der Waals surface area contributed by atoms with Crippen LogP contribution in [0.4, 0.5) is 0 Å². The molecule has 1 aliphatic heterocycles. The molecular formula is C20H22N6. The lowest BCUT2D eigenvalue weighted by Crippen LogP contribution is -2.43. The van der Waals surface area contributed by atoms with Gasteiger partial charge in [-0.15, -0.1) is 0 Å². The Morgan fingerprint density at radius 3 is 2.88 bits per heavy atom. The van der Waals surface area contributed by atoms with Crippen molar-refractivity contribution in [1.82, 2.24) is 29.4 Å². The van der Waals surface area contributed by atoms with E-state index in [0.29, 0.717) is 0 Å². The van der Waals surface area contributed by atoms with E-state index in [1.807, 2.05) is 29.2 Å². The SMILES string of the molecule is CN1CCN(Cc2cnc3[nH]cc(-c4ccn5nccc5c4)c3c2)CC1. The number of likely N-dealkylation sites (N-methyl/N-ethyl adjacent to an activating group) is 1. The second-order valence-electron chi connectivity index (χ2n) is 7.14. The minimum Gasteiger partial charge on any atom is -0.346 e. The van der Waals surface area contributed by atoms with E-state index in [1.54, 1.807) is 0 Å². The molecule has 26 heavy (non-hydrogen) atoms. The van der Waals surface area contributed by atoms with Gasteiger partial charge in [-0.25, -0.2) is 9.50 Å². The van der Waals surface area contributed by atoms with Crippen molar-refractivity contribution in [2.75, 3.05) is 33.2 Å². The first kappa shape index (κ1) is 15.5. The quantitative estimate of drug-likeness (QED) is 0.620. The summed E-state index contributed by atoms with van der Waals surface area (Å²) in [7, 11) is 2.19. The van der Waals surface area contributed by atoms with Crippen molar-refractivity contribution in [1.29, 1.82) is 0 Å². The topological polar surface area (TPSA) is 52.5 Å². The maximum absolute atomic E-state index is 4.65. The molecule has 0 amide bonds. The van der Waals surface area contributed by atoms with Crippen LogP contribution in [0.5, 0.6) is 0 Å². The molecule has 0 atom stereocenters. The molecular weight excluding hydrogens is 324 g/mol. The van der Waals surface area contributed by atoms with Gasteiger partial charge in [-0.3, -0.25) is 4.90 Å². The molecule has 4 aromatic heterocycles. The molecule has 1 saturated heterocycles. The van der Waals surface area contributed by atoms with E-state index in [-0.39, 0.29) is 0 Å². The summed E-state index contributed by atoms with van der Waals surface area (Å²) in [6.45, 7) is 5.47. The highest BCUT2D eigenvalue weighted by molar-refractivity contribution is 5.94. The number of piperazine rings is 1. The van der Waals surface area contributed by atoms with Crippen molar-refractivity contribution in [2.45, 2.75) is 6.54 Å². The smallest absolute Gasteiger partial charge is 0.137 e. The number of nitrogens with zero attached hydrogens (tertiary/aromatic N) is 5. The number of fused-ring (bicyclic) bond motifs is 2. The predicted molar refractivity (Wildman–Crippen MR) is 103 cm³/mol. The second-order valence-corrected chi connectivity index (χ2v) is 7.14. The fourth-order valence-corrected chi connectivity index (χ4v) is 3.73. The molecule has 0 aromatic carbocycles. The summed E-state index contributed by atoms with van der Waals surface area (Å²) in [5.74, 6) is 0. The van der Waals surface area contributed by atoms with Crippen LogP contribution in [-0.2, 0) is 6.54 Å². The van der Waals surface area contributed by atoms with Gasteiger partial charge in [-0.05, 0) is 42.4 Å². The highest BCUT2D eigenvalue weighted by atomic mass is 15.2. The molecule has 0 radical (unpaired) electrons. The number of aromatic nitrogens is 4. The van der Waals surface area contributed by atoms with Gasteiger partial charge < -0.3 is 9.88 Å². The van der Waals surface area contributed by atoms with Crippen LogP contribution >= 0.6 is 0 Å². The lowest BCUT2D eigenvalue weighted by molar-refractivity contribution is 0.148. The van der Waals surface area contributed by atoms with Crippen LogP contribution < -0.4 is 0 Å². The van der Waals surface area contributed by atoms with Crippen LogP contribution in [0.2, 0.25) is 0 Å². The third-order valence-corrected chi connectivity index (χ3v) is 5.30. The number of nitrogens with one attached hydrogen (secondary N) is 1. The van der Waals surface area contributed by atoms with E-state index >= 15 is 0 Å². The summed E-state index contributed by atoms with van der Waals surface area (Å²) in [5.41, 5.74) is 5.68. The van der Waals surface area contributed by atoms with Gasteiger partial charge in [0.05, 0.1) is 5.52 Å². The Hall–Kier alpha value is -2.70. The zero-order valence-electron chi connectivity index (χ0n) is 14.9. The van der Waals surface area contributed by atoms with Crippen molar-refractivity contribution in [3.63, 3.8) is 0 Å². The molecule has 6 heteroatoms. The lowest BCUT2D eigenvalue weighted by Gasteiger charge is -2.32. The molecule has 0 spiro atoms. The summed E-state index contributed by atoms with van der Waals surface area (Å²) < 4.78 is 1.88. The molecule has 0 bridgehead atoms. The minimum atomic E-state index is 0.940. The average molecular weight is 346 g/mol. The number of hydrogen-bond acceptors (Lipinski definition) is 4. The van der Waals surface area contributed by atoms with Gasteiger partial charge in [0.2, 0.25) is 0 Å². The number of H-pyrrole nitrogens is 1. The number of hydrogen-bond donors (Lipinski definition) is 1. The van der Waals surface area contributed by atoms with Crippen LogP contribution in [0, 0.1) is 0 Å². The van der Waals surface area contributed by atoms with E-state index in [4.69, 9.17) is 0 Å². The molecule has 1 aliphatic rings. The zero-order valence-corrected chi connectivity index (χ0v) is 14.9. The van der Waals surface area contributed by atoms with Crippen LogP contribution in [0.15, 0.2) is 49.1 Å². The van der Waals surface area contributed by atoms with E-state index in [1.165, 1.54) is 22.1 Å². The Morgan fingerprint density at radius 1 is 1.12 bits per heavy atom. The molecule has 0 aliphatic carbocycles. The largest absolute Gasteiger partial charge is 0.346 e. The van der Waals surface area contributed by atoms with Crippen LogP contribution in [0.1, 0.15) is 5.56 Å². The Bertz CT molecular complexity index is 1050. The summed E-state index contributed by atoms with van der Waals surface area (Å²) in [5, 5.41) is 5.46. The van der Waals surface area contributed by atoms with Crippen LogP contribution in [-0.4, -0.2) is 62.6 Å². The number of aromatic amines is 1. The molecule has 132 valence electrons. The van der Waals surface area contributed by atoms with Crippen LogP contribution in [0.3, 0.4) is 0 Å². The first-order valence-corrected chi connectivity index (χ1v) is 9.07. The molecule has 5 heterocycles. The van der Waals surface area contributed by atoms with Gasteiger partial charge in [0.1, 0.15) is 5.65 Å². The Morgan fingerprint density at radius 2 is 2.00 bits per heavy atom. The van der Waals surface area contributed by atoms with Gasteiger partial charge in [-0.2, -0.15) is 5.10 Å². The summed E-state index contributed by atoms with van der Waals surface area (Å²) >= 11 is 0. The fraction of sp³-hybridized carbons (Fsp3) is 0.300. The maximum Gasteiger partial charge on any atom is 0.137 e. The Kier molecular flexibility index (Phi) is 3.72. The van der Waals surface area contributed by atoms with E-state index in [9.17, 15) is 0 Å². The van der Waals surface area contributed by atoms with Gasteiger partial charge in [0.25, 0.3) is 0 Å². The normalized spacial score (nSPS) is 16.7. The lowest BCUT2D eigenvalue weighted by atomic mass is 10.1. The molecule has 1 fully saturated rings. The number of pyridine rings is 2. The fourth-order valence-electron chi connectivity index (χ4n) is 3.73. The van der Waals surface area contributed by atoms with Crippen LogP contribution in [0.25, 0.3) is 27.7 Å². The Balaban J connectivity index is 1.48. The van der Waals surface area contributed by atoms with Gasteiger partial charge in [0, 0.05) is 68.5 Å². The molecule has 5 rings (SSSR count). The monoisotopic (exact) mass is 346 g/mol. The number of rotatable bonds is 3. The maximum atomic E-state index is 4.65. The standard InChI is InChI=1S/C20H22N6/c1-24-6-8-25(9-7-24)14-15-10-18-19(13-22-20(18)21-12-15)16-3-5-26-17(11-16)2-4-23-26/h2-5,10-13H,6-9,14H2,1H3,(H,21,22). The van der Waals surface area contributed by atoms with E-state index in [2.05, 4.69) is 56.3 Å². The van der Waals surface area contributed by atoms with E-state index in [0.717, 1.165) is 43.9 Å². The van der Waals surface area contributed by atoms with Crippen molar-refractivity contribution in [2.24, 2.45) is 0 Å². The first-order valence-electron chi connectivity index (χ1n) is 9.07. The van der Waals surface area contributed by atoms with Crippen molar-refractivity contribution in [3.05, 3.63) is 54.6 Å². The summed E-state index contributed by atoms with van der Waals surface area (Å²) in [6.07, 6.45) is 7.88. The Labute approximate surface area is 152 Å². The third-order valence-electron chi connectivity index (χ3n) is 5.30. The predicted octanol–water partition coefficient (Wildman–Crippen LogP) is 2.62. The zero-order chi connectivity index (χ0) is 17.5. The van der Waals surface area contributed by atoms with Gasteiger partial charge in [0.15, 0.2) is 0 Å². The average Bonchev–Trinajstić information content (AvgIpc) is 3.29. The highest BCUT2D eigenvalue weighted by Crippen LogP contribution is 2.29. The van der Waals surface area contributed by atoms with Crippen molar-refractivity contribution >= 4 is 16.6 Å². The molecule has 0 unspecified atom stereocenters. The van der Waals surface area contributed by atoms with Crippen molar-refractivity contribution in [3.8, 4) is 11.1 Å². The summed E-state index contributed by atoms with van der Waals surface area (Å²) in [4.78, 5) is 12.9. The second kappa shape index (κ2) is 6.23. The van der Waals surface area contributed by atoms with Gasteiger partial charge >= 0.3 is 0 Å². The summed E-state index contributed by atoms with van der Waals surface area (Å²) in [6, 6.07) is 8.58. The molecule has 6 nitrogen and oxygen atoms in total. The minimum absolute atomic E-state index is 0.940. The molecule has 0 saturated carbocycles. The van der Waals surface area contributed by atoms with Crippen molar-refractivity contribution < 1.29 is 0 Å². The van der Waals surface area contributed by atoms with E-state index < -0.39 is 0 Å². The third kappa shape index (κ3) is 2.77. The molecule has 1 N–H and O–H groups in total. The highest BCUT2D eigenvalue weighted by Gasteiger charge is 2.15. The van der Waals surface area contributed by atoms with Gasteiger partial charge in [-0.1, -0.05) is 0 Å². The first-order chi connectivity index (χ1) is 12.8.